The normalized spacial score (nSPS) is 13.4. The van der Waals surface area contributed by atoms with E-state index in [9.17, 15) is 4.79 Å². The predicted molar refractivity (Wildman–Crippen MR) is 103 cm³/mol. The van der Waals surface area contributed by atoms with E-state index in [1.807, 2.05) is 59.5 Å². The summed E-state index contributed by atoms with van der Waals surface area (Å²) in [6, 6.07) is 18.2. The monoisotopic (exact) mass is 364 g/mol. The quantitative estimate of drug-likeness (QED) is 0.641. The van der Waals surface area contributed by atoms with Crippen LogP contribution in [0.1, 0.15) is 28.1 Å². The molecule has 0 atom stereocenters. The van der Waals surface area contributed by atoms with E-state index in [0.717, 1.165) is 34.7 Å². The summed E-state index contributed by atoms with van der Waals surface area (Å²) in [6.45, 7) is 0.617. The molecule has 0 spiro atoms. The minimum Gasteiger partial charge on any atom is -0.497 e. The zero-order chi connectivity index (χ0) is 17.9. The van der Waals surface area contributed by atoms with Crippen molar-refractivity contribution in [3.63, 3.8) is 0 Å². The van der Waals surface area contributed by atoms with Gasteiger partial charge in [-0.25, -0.2) is 4.98 Å². The fourth-order valence-electron chi connectivity index (χ4n) is 2.91. The summed E-state index contributed by atoms with van der Waals surface area (Å²) in [5.41, 5.74) is 2.16. The van der Waals surface area contributed by atoms with Crippen LogP contribution in [0.5, 0.6) is 5.75 Å². The van der Waals surface area contributed by atoms with Gasteiger partial charge in [0.2, 0.25) is 0 Å². The number of carbonyl (C=O) groups is 1. The average Bonchev–Trinajstić information content (AvgIpc) is 3.42. The molecule has 0 bridgehead atoms. The first-order valence-electron chi connectivity index (χ1n) is 8.70. The van der Waals surface area contributed by atoms with E-state index < -0.39 is 0 Å². The number of thiazole rings is 1. The maximum Gasteiger partial charge on any atom is 0.266 e. The summed E-state index contributed by atoms with van der Waals surface area (Å²) >= 11 is 1.46. The Morgan fingerprint density at radius 2 is 1.88 bits per heavy atom. The van der Waals surface area contributed by atoms with Gasteiger partial charge in [0, 0.05) is 18.2 Å². The molecule has 0 N–H and O–H groups in total. The van der Waals surface area contributed by atoms with Crippen molar-refractivity contribution in [3.05, 3.63) is 71.2 Å². The Morgan fingerprint density at radius 3 is 2.54 bits per heavy atom. The van der Waals surface area contributed by atoms with Gasteiger partial charge in [0.05, 0.1) is 13.3 Å². The number of hydrogen-bond donors (Lipinski definition) is 0. The van der Waals surface area contributed by atoms with E-state index in [4.69, 9.17) is 4.74 Å². The highest BCUT2D eigenvalue weighted by Gasteiger charge is 2.33. The Kier molecular flexibility index (Phi) is 4.71. The number of methoxy groups -OCH3 is 1. The van der Waals surface area contributed by atoms with Crippen LogP contribution in [0.25, 0.3) is 10.6 Å². The minimum absolute atomic E-state index is 0.0722. The fraction of sp³-hybridized carbons (Fsp3) is 0.238. The third-order valence-corrected chi connectivity index (χ3v) is 5.53. The number of carbonyl (C=O) groups excluding carboxylic acids is 1. The zero-order valence-electron chi connectivity index (χ0n) is 14.6. The molecular weight excluding hydrogens is 344 g/mol. The second kappa shape index (κ2) is 7.30. The van der Waals surface area contributed by atoms with Crippen molar-refractivity contribution >= 4 is 17.2 Å². The van der Waals surface area contributed by atoms with E-state index in [-0.39, 0.29) is 5.91 Å². The van der Waals surface area contributed by atoms with Crippen LogP contribution in [0.3, 0.4) is 0 Å². The molecule has 1 aromatic heterocycles. The molecule has 0 radical (unpaired) electrons. The molecule has 1 heterocycles. The first-order chi connectivity index (χ1) is 12.7. The molecule has 0 unspecified atom stereocenters. The molecule has 0 saturated heterocycles. The van der Waals surface area contributed by atoms with Gasteiger partial charge >= 0.3 is 0 Å². The molecule has 2 aromatic carbocycles. The molecule has 1 aliphatic rings. The van der Waals surface area contributed by atoms with Crippen LogP contribution in [-0.2, 0) is 6.54 Å². The summed E-state index contributed by atoms with van der Waals surface area (Å²) in [5.74, 6) is 0.899. The van der Waals surface area contributed by atoms with Crippen LogP contribution in [0.4, 0.5) is 0 Å². The molecule has 132 valence electrons. The van der Waals surface area contributed by atoms with Crippen LogP contribution in [-0.4, -0.2) is 28.9 Å². The van der Waals surface area contributed by atoms with Crippen molar-refractivity contribution in [2.24, 2.45) is 0 Å². The molecular formula is C21H20N2O2S. The number of benzene rings is 2. The Bertz CT molecular complexity index is 886. The van der Waals surface area contributed by atoms with Crippen molar-refractivity contribution in [3.8, 4) is 16.3 Å². The molecule has 4 nitrogen and oxygen atoms in total. The molecule has 1 fully saturated rings. The number of hydrogen-bond acceptors (Lipinski definition) is 4. The summed E-state index contributed by atoms with van der Waals surface area (Å²) in [5, 5.41) is 0.883. The highest BCUT2D eigenvalue weighted by molar-refractivity contribution is 7.16. The Morgan fingerprint density at radius 1 is 1.15 bits per heavy atom. The van der Waals surface area contributed by atoms with Crippen LogP contribution in [0.15, 0.2) is 60.8 Å². The Balaban J connectivity index is 1.53. The van der Waals surface area contributed by atoms with E-state index in [1.54, 1.807) is 13.3 Å². The molecule has 26 heavy (non-hydrogen) atoms. The van der Waals surface area contributed by atoms with Gasteiger partial charge in [0.15, 0.2) is 0 Å². The smallest absolute Gasteiger partial charge is 0.266 e. The minimum atomic E-state index is 0.0722. The number of aromatic nitrogens is 1. The summed E-state index contributed by atoms with van der Waals surface area (Å²) in [7, 11) is 1.66. The van der Waals surface area contributed by atoms with E-state index in [1.165, 1.54) is 11.3 Å². The number of rotatable bonds is 6. The van der Waals surface area contributed by atoms with Crippen LogP contribution >= 0.6 is 11.3 Å². The highest BCUT2D eigenvalue weighted by atomic mass is 32.1. The van der Waals surface area contributed by atoms with Gasteiger partial charge in [0.1, 0.15) is 15.6 Å². The lowest BCUT2D eigenvalue weighted by Gasteiger charge is -2.21. The second-order valence-corrected chi connectivity index (χ2v) is 7.44. The molecule has 4 rings (SSSR count). The van der Waals surface area contributed by atoms with Gasteiger partial charge < -0.3 is 9.64 Å². The van der Waals surface area contributed by atoms with Crippen molar-refractivity contribution in [1.29, 1.82) is 0 Å². The third kappa shape index (κ3) is 3.63. The van der Waals surface area contributed by atoms with E-state index in [0.29, 0.717) is 17.5 Å². The Labute approximate surface area is 157 Å². The zero-order valence-corrected chi connectivity index (χ0v) is 15.4. The average molecular weight is 364 g/mol. The maximum absolute atomic E-state index is 13.1. The number of amides is 1. The molecule has 1 saturated carbocycles. The standard InChI is InChI=1S/C21H20N2O2S/c1-25-18-11-7-15(8-12-18)14-23(17-9-10-17)21(24)19-13-22-20(26-19)16-5-3-2-4-6-16/h2-8,11-13,17H,9-10,14H2,1H3. The van der Waals surface area contributed by atoms with Crippen molar-refractivity contribution in [2.75, 3.05) is 7.11 Å². The van der Waals surface area contributed by atoms with Gasteiger partial charge in [-0.2, -0.15) is 0 Å². The van der Waals surface area contributed by atoms with Gasteiger partial charge in [-0.1, -0.05) is 42.5 Å². The predicted octanol–water partition coefficient (Wildman–Crippen LogP) is 4.62. The molecule has 3 aromatic rings. The lowest BCUT2D eigenvalue weighted by Crippen LogP contribution is -2.32. The third-order valence-electron chi connectivity index (χ3n) is 4.50. The molecule has 0 aliphatic heterocycles. The topological polar surface area (TPSA) is 42.4 Å². The van der Waals surface area contributed by atoms with Crippen LogP contribution in [0.2, 0.25) is 0 Å². The van der Waals surface area contributed by atoms with E-state index in [2.05, 4.69) is 4.98 Å². The first kappa shape index (κ1) is 16.8. The lowest BCUT2D eigenvalue weighted by atomic mass is 10.2. The van der Waals surface area contributed by atoms with Gasteiger partial charge in [0.25, 0.3) is 5.91 Å². The highest BCUT2D eigenvalue weighted by Crippen LogP contribution is 2.32. The van der Waals surface area contributed by atoms with Gasteiger partial charge in [-0.05, 0) is 30.5 Å². The van der Waals surface area contributed by atoms with Crippen LogP contribution in [0, 0.1) is 0 Å². The van der Waals surface area contributed by atoms with E-state index >= 15 is 0 Å². The maximum atomic E-state index is 13.1. The Hall–Kier alpha value is -2.66. The van der Waals surface area contributed by atoms with Crippen molar-refractivity contribution in [2.45, 2.75) is 25.4 Å². The summed E-state index contributed by atoms with van der Waals surface area (Å²) in [4.78, 5) is 20.2. The lowest BCUT2D eigenvalue weighted by molar-refractivity contribution is 0.0734. The number of nitrogens with zero attached hydrogens (tertiary/aromatic N) is 2. The number of ether oxygens (including phenoxy) is 1. The van der Waals surface area contributed by atoms with Gasteiger partial charge in [-0.3, -0.25) is 4.79 Å². The SMILES string of the molecule is COc1ccc(CN(C(=O)c2cnc(-c3ccccc3)s2)C2CC2)cc1. The first-order valence-corrected chi connectivity index (χ1v) is 9.51. The van der Waals surface area contributed by atoms with Gasteiger partial charge in [-0.15, -0.1) is 11.3 Å². The second-order valence-electron chi connectivity index (χ2n) is 6.41. The largest absolute Gasteiger partial charge is 0.497 e. The van der Waals surface area contributed by atoms with Crippen molar-refractivity contribution in [1.82, 2.24) is 9.88 Å². The van der Waals surface area contributed by atoms with Crippen molar-refractivity contribution < 1.29 is 9.53 Å². The molecule has 1 aliphatic carbocycles. The fourth-order valence-corrected chi connectivity index (χ4v) is 3.79. The molecule has 1 amide bonds. The summed E-state index contributed by atoms with van der Waals surface area (Å²) < 4.78 is 5.21. The summed E-state index contributed by atoms with van der Waals surface area (Å²) in [6.07, 6.45) is 3.86. The molecule has 5 heteroatoms. The van der Waals surface area contributed by atoms with Crippen LogP contribution < -0.4 is 4.74 Å².